The Hall–Kier alpha value is -8.26. The molecule has 0 atom stereocenters. The summed E-state index contributed by atoms with van der Waals surface area (Å²) in [6.45, 7) is 0. The van der Waals surface area contributed by atoms with E-state index in [9.17, 15) is 0 Å². The molecule has 0 fully saturated rings. The summed E-state index contributed by atoms with van der Waals surface area (Å²) in [5, 5.41) is 9.73. The first-order chi connectivity index (χ1) is 31.2. The Morgan fingerprint density at radius 1 is 0.365 bits per heavy atom. The smallest absolute Gasteiger partial charge is 0.179 e. The van der Waals surface area contributed by atoms with Crippen molar-refractivity contribution in [3.63, 3.8) is 0 Å². The number of rotatable bonds is 8. The van der Waals surface area contributed by atoms with Gasteiger partial charge in [-0.3, -0.25) is 4.98 Å². The molecule has 63 heavy (non-hydrogen) atoms. The second-order valence-corrected chi connectivity index (χ2v) is 19.6. The maximum absolute atomic E-state index is 6.28. The van der Waals surface area contributed by atoms with Crippen molar-refractivity contribution in [1.29, 1.82) is 0 Å². The van der Waals surface area contributed by atoms with E-state index in [1.54, 1.807) is 12.4 Å². The van der Waals surface area contributed by atoms with Crippen LogP contribution in [0.1, 0.15) is 0 Å². The predicted molar refractivity (Wildman–Crippen MR) is 259 cm³/mol. The Balaban J connectivity index is 1.01. The standard InChI is InChI=1S/C56H37N5OSi/c1-4-14-42(15-5-1)63(43-16-6-2-7-17-43,44-18-8-3-9-19-44)45-31-26-39(27-32-45)55-58-54(59-56(60-55)40-28-33-48-49-34-35-57-37-53(49)62-52(48)36-40)38-24-29-41(30-25-38)61-50-22-12-10-20-46(50)47-21-11-13-23-51(47)61/h1-37H. The van der Waals surface area contributed by atoms with E-state index in [1.165, 1.54) is 31.5 Å². The average Bonchev–Trinajstić information content (AvgIpc) is 3.91. The highest BCUT2D eigenvalue weighted by molar-refractivity contribution is 7.19. The summed E-state index contributed by atoms with van der Waals surface area (Å²) in [4.78, 5) is 19.8. The van der Waals surface area contributed by atoms with Crippen LogP contribution in [-0.2, 0) is 0 Å². The lowest BCUT2D eigenvalue weighted by molar-refractivity contribution is 0.667. The van der Waals surface area contributed by atoms with Gasteiger partial charge in [0.1, 0.15) is 5.58 Å². The molecule has 4 aromatic heterocycles. The van der Waals surface area contributed by atoms with Crippen LogP contribution in [0.4, 0.5) is 0 Å². The molecule has 296 valence electrons. The third-order valence-electron chi connectivity index (χ3n) is 12.3. The van der Waals surface area contributed by atoms with Gasteiger partial charge in [0.15, 0.2) is 31.1 Å². The first kappa shape index (κ1) is 36.6. The number of hydrogen-bond donors (Lipinski definition) is 0. The molecule has 0 amide bonds. The largest absolute Gasteiger partial charge is 0.454 e. The van der Waals surface area contributed by atoms with Crippen molar-refractivity contribution in [3.8, 4) is 39.9 Å². The minimum atomic E-state index is -2.72. The van der Waals surface area contributed by atoms with Crippen LogP contribution in [0, 0.1) is 0 Å². The number of nitrogens with zero attached hydrogens (tertiary/aromatic N) is 5. The van der Waals surface area contributed by atoms with Crippen LogP contribution in [0.5, 0.6) is 0 Å². The third kappa shape index (κ3) is 6.09. The minimum absolute atomic E-state index is 0.563. The lowest BCUT2D eigenvalue weighted by Crippen LogP contribution is -2.74. The predicted octanol–water partition coefficient (Wildman–Crippen LogP) is 10.6. The molecule has 6 nitrogen and oxygen atoms in total. The molecule has 0 aliphatic heterocycles. The fraction of sp³-hybridized carbons (Fsp3) is 0. The summed E-state index contributed by atoms with van der Waals surface area (Å²) < 4.78 is 8.60. The van der Waals surface area contributed by atoms with Gasteiger partial charge in [-0.25, -0.2) is 15.0 Å². The normalized spacial score (nSPS) is 11.8. The summed E-state index contributed by atoms with van der Waals surface area (Å²) in [5.74, 6) is 1.74. The molecule has 0 radical (unpaired) electrons. The Labute approximate surface area is 364 Å². The van der Waals surface area contributed by atoms with Crippen LogP contribution in [-0.4, -0.2) is 32.6 Å². The maximum Gasteiger partial charge on any atom is 0.179 e. The molecule has 12 aromatic rings. The second kappa shape index (κ2) is 15.0. The van der Waals surface area contributed by atoms with Crippen molar-refractivity contribution in [1.82, 2.24) is 24.5 Å². The van der Waals surface area contributed by atoms with Crippen molar-refractivity contribution in [2.75, 3.05) is 0 Å². The molecule has 4 heterocycles. The van der Waals surface area contributed by atoms with E-state index >= 15 is 0 Å². The van der Waals surface area contributed by atoms with E-state index in [-0.39, 0.29) is 0 Å². The van der Waals surface area contributed by atoms with Crippen molar-refractivity contribution in [3.05, 3.63) is 225 Å². The van der Waals surface area contributed by atoms with E-state index < -0.39 is 8.07 Å². The topological polar surface area (TPSA) is 69.6 Å². The number of furan rings is 1. The molecule has 0 aliphatic carbocycles. The number of hydrogen-bond acceptors (Lipinski definition) is 5. The summed E-state index contributed by atoms with van der Waals surface area (Å²) >= 11 is 0. The third-order valence-corrected chi connectivity index (χ3v) is 17.1. The highest BCUT2D eigenvalue weighted by atomic mass is 28.3. The van der Waals surface area contributed by atoms with Gasteiger partial charge in [0.2, 0.25) is 0 Å². The molecular weight excluding hydrogens is 787 g/mol. The van der Waals surface area contributed by atoms with Crippen LogP contribution >= 0.6 is 0 Å². The Morgan fingerprint density at radius 2 is 0.810 bits per heavy atom. The van der Waals surface area contributed by atoms with Crippen molar-refractivity contribution in [2.24, 2.45) is 0 Å². The lowest BCUT2D eigenvalue weighted by atomic mass is 10.1. The average molecular weight is 824 g/mol. The van der Waals surface area contributed by atoms with Gasteiger partial charge in [0.05, 0.1) is 17.2 Å². The fourth-order valence-corrected chi connectivity index (χ4v) is 14.2. The zero-order valence-corrected chi connectivity index (χ0v) is 35.0. The molecule has 0 bridgehead atoms. The SMILES string of the molecule is c1ccc([Si](c2ccccc2)(c2ccccc2)c2ccc(-c3nc(-c4ccc(-n5c6ccccc6c6ccccc65)cc4)nc(-c4ccc5c(c4)oc4cnccc45)n3)cc2)cc1. The Morgan fingerprint density at radius 3 is 1.37 bits per heavy atom. The Kier molecular flexibility index (Phi) is 8.72. The van der Waals surface area contributed by atoms with Gasteiger partial charge < -0.3 is 8.98 Å². The lowest BCUT2D eigenvalue weighted by Gasteiger charge is -2.34. The van der Waals surface area contributed by atoms with Gasteiger partial charge >= 0.3 is 0 Å². The van der Waals surface area contributed by atoms with E-state index in [0.29, 0.717) is 17.5 Å². The quantitative estimate of drug-likeness (QED) is 0.113. The molecule has 8 aromatic carbocycles. The number of aromatic nitrogens is 5. The summed E-state index contributed by atoms with van der Waals surface area (Å²) in [6, 6.07) is 75.6. The first-order valence-electron chi connectivity index (χ1n) is 21.1. The van der Waals surface area contributed by atoms with Crippen LogP contribution < -0.4 is 20.7 Å². The van der Waals surface area contributed by atoms with E-state index in [0.717, 1.165) is 55.3 Å². The highest BCUT2D eigenvalue weighted by Crippen LogP contribution is 2.34. The second-order valence-electron chi connectivity index (χ2n) is 15.8. The van der Waals surface area contributed by atoms with Crippen LogP contribution in [0.25, 0.3) is 83.6 Å². The van der Waals surface area contributed by atoms with E-state index in [2.05, 4.69) is 210 Å². The molecule has 0 unspecified atom stereocenters. The molecule has 0 saturated heterocycles. The highest BCUT2D eigenvalue weighted by Gasteiger charge is 2.41. The molecule has 7 heteroatoms. The van der Waals surface area contributed by atoms with Gasteiger partial charge in [0, 0.05) is 50.1 Å². The van der Waals surface area contributed by atoms with Gasteiger partial charge in [-0.05, 0) is 75.3 Å². The van der Waals surface area contributed by atoms with Gasteiger partial charge in [-0.1, -0.05) is 158 Å². The number of fused-ring (bicyclic) bond motifs is 6. The van der Waals surface area contributed by atoms with Gasteiger partial charge in [0.25, 0.3) is 0 Å². The van der Waals surface area contributed by atoms with Gasteiger partial charge in [-0.2, -0.15) is 0 Å². The Bertz CT molecular complexity index is 3460. The summed E-state index contributed by atoms with van der Waals surface area (Å²) in [6.07, 6.45) is 3.55. The van der Waals surface area contributed by atoms with Gasteiger partial charge in [-0.15, -0.1) is 0 Å². The van der Waals surface area contributed by atoms with Crippen molar-refractivity contribution in [2.45, 2.75) is 0 Å². The van der Waals surface area contributed by atoms with Crippen molar-refractivity contribution < 1.29 is 4.42 Å². The molecular formula is C56H37N5OSi. The van der Waals surface area contributed by atoms with Crippen molar-refractivity contribution >= 4 is 72.6 Å². The van der Waals surface area contributed by atoms with E-state index in [4.69, 9.17) is 19.4 Å². The molecule has 0 spiro atoms. The number of para-hydroxylation sites is 2. The van der Waals surface area contributed by atoms with E-state index in [1.807, 2.05) is 12.1 Å². The summed E-state index contributed by atoms with van der Waals surface area (Å²) in [7, 11) is -2.72. The zero-order chi connectivity index (χ0) is 41.7. The monoisotopic (exact) mass is 823 g/mol. The van der Waals surface area contributed by atoms with Crippen LogP contribution in [0.15, 0.2) is 229 Å². The molecule has 0 aliphatic rings. The molecule has 12 rings (SSSR count). The van der Waals surface area contributed by atoms with Crippen LogP contribution in [0.3, 0.4) is 0 Å². The van der Waals surface area contributed by atoms with Crippen LogP contribution in [0.2, 0.25) is 0 Å². The molecule has 0 N–H and O–H groups in total. The summed E-state index contributed by atoms with van der Waals surface area (Å²) in [5.41, 5.74) is 7.51. The zero-order valence-electron chi connectivity index (χ0n) is 34.0. The molecule has 0 saturated carbocycles. The number of benzene rings is 8. The number of pyridine rings is 1. The minimum Gasteiger partial charge on any atom is -0.454 e. The maximum atomic E-state index is 6.28. The fourth-order valence-electron chi connectivity index (χ4n) is 9.43. The first-order valence-corrected chi connectivity index (χ1v) is 23.1.